The summed E-state index contributed by atoms with van der Waals surface area (Å²) in [5, 5.41) is 11.3. The quantitative estimate of drug-likeness (QED) is 0.665. The Labute approximate surface area is 123 Å². The topological polar surface area (TPSA) is 87.6 Å². The zero-order chi connectivity index (χ0) is 14.2. The molecular weight excluding hydrogens is 339 g/mol. The van der Waals surface area contributed by atoms with Crippen LogP contribution in [0.1, 0.15) is 6.42 Å². The molecule has 0 aromatic heterocycles. The van der Waals surface area contributed by atoms with Crippen molar-refractivity contribution in [3.63, 3.8) is 0 Å². The minimum Gasteiger partial charge on any atom is -0.480 e. The van der Waals surface area contributed by atoms with Crippen molar-refractivity contribution in [3.8, 4) is 5.75 Å². The molecule has 0 saturated heterocycles. The molecule has 0 bridgehead atoms. The van der Waals surface area contributed by atoms with Crippen LogP contribution in [0.2, 0.25) is 5.02 Å². The van der Waals surface area contributed by atoms with Crippen LogP contribution in [-0.4, -0.2) is 30.3 Å². The summed E-state index contributed by atoms with van der Waals surface area (Å²) >= 11 is 9.01. The van der Waals surface area contributed by atoms with E-state index in [0.717, 1.165) is 0 Å². The summed E-state index contributed by atoms with van der Waals surface area (Å²) in [6.07, 6.45) is 0.0309. The summed E-state index contributed by atoms with van der Waals surface area (Å²) in [6.45, 7) is 0. The fourth-order valence-corrected chi connectivity index (χ4v) is 2.90. The van der Waals surface area contributed by atoms with E-state index in [1.165, 1.54) is 13.2 Å². The molecule has 0 amide bonds. The summed E-state index contributed by atoms with van der Waals surface area (Å²) in [5.74, 6) is 0.147. The van der Waals surface area contributed by atoms with Gasteiger partial charge in [0, 0.05) is 30.7 Å². The Morgan fingerprint density at radius 3 is 2.79 bits per heavy atom. The van der Waals surface area contributed by atoms with Crippen LogP contribution in [0.4, 0.5) is 5.69 Å². The van der Waals surface area contributed by atoms with E-state index in [4.69, 9.17) is 26.8 Å². The summed E-state index contributed by atoms with van der Waals surface area (Å²) in [6, 6.07) is 2.69. The third-order valence-corrected chi connectivity index (χ3v) is 3.83. The van der Waals surface area contributed by atoms with Gasteiger partial charge in [0.1, 0.15) is 12.2 Å². The Morgan fingerprint density at radius 2 is 2.26 bits per heavy atom. The van der Waals surface area contributed by atoms with Crippen molar-refractivity contribution in [2.45, 2.75) is 24.7 Å². The predicted molar refractivity (Wildman–Crippen MR) is 73.6 cm³/mol. The molecular formula is C11H12BrClN2O4. The van der Waals surface area contributed by atoms with E-state index in [0.29, 0.717) is 10.9 Å². The molecule has 2 N–H and O–H groups in total. The van der Waals surface area contributed by atoms with Crippen molar-refractivity contribution in [2.24, 2.45) is 5.73 Å². The Hall–Kier alpha value is -0.890. The lowest BCUT2D eigenvalue weighted by atomic mass is 9.86. The van der Waals surface area contributed by atoms with Crippen molar-refractivity contribution >= 4 is 33.2 Å². The number of nitrogens with zero attached hydrogens (tertiary/aromatic N) is 1. The van der Waals surface area contributed by atoms with Crippen molar-refractivity contribution in [2.75, 3.05) is 7.11 Å². The van der Waals surface area contributed by atoms with E-state index >= 15 is 0 Å². The predicted octanol–water partition coefficient (Wildman–Crippen LogP) is 2.50. The largest absolute Gasteiger partial charge is 0.480 e. The molecule has 0 spiro atoms. The zero-order valence-electron chi connectivity index (χ0n) is 10.0. The van der Waals surface area contributed by atoms with Crippen LogP contribution in [0.5, 0.6) is 5.75 Å². The highest BCUT2D eigenvalue weighted by molar-refractivity contribution is 9.10. The maximum atomic E-state index is 11.0. The molecule has 3 unspecified atom stereocenters. The van der Waals surface area contributed by atoms with E-state index in [1.807, 2.05) is 0 Å². The minimum absolute atomic E-state index is 0.111. The molecule has 19 heavy (non-hydrogen) atoms. The van der Waals surface area contributed by atoms with Crippen LogP contribution in [0.15, 0.2) is 16.6 Å². The molecule has 1 saturated carbocycles. The van der Waals surface area contributed by atoms with E-state index in [2.05, 4.69) is 15.9 Å². The number of rotatable bonds is 4. The van der Waals surface area contributed by atoms with Crippen LogP contribution in [0, 0.1) is 10.1 Å². The molecule has 1 aromatic carbocycles. The van der Waals surface area contributed by atoms with Gasteiger partial charge in [-0.2, -0.15) is 0 Å². The summed E-state index contributed by atoms with van der Waals surface area (Å²) in [4.78, 5) is 10.5. The Balaban J connectivity index is 2.27. The normalized spacial score (nSPS) is 25.8. The lowest BCUT2D eigenvalue weighted by Crippen LogP contribution is -2.59. The number of nitro benzene ring substituents is 1. The molecule has 2 rings (SSSR count). The van der Waals surface area contributed by atoms with E-state index < -0.39 is 4.92 Å². The molecule has 1 fully saturated rings. The van der Waals surface area contributed by atoms with Crippen molar-refractivity contribution in [3.05, 3.63) is 31.7 Å². The minimum atomic E-state index is -0.535. The van der Waals surface area contributed by atoms with Gasteiger partial charge < -0.3 is 15.2 Å². The average molecular weight is 352 g/mol. The van der Waals surface area contributed by atoms with Crippen LogP contribution < -0.4 is 10.5 Å². The Morgan fingerprint density at radius 1 is 1.58 bits per heavy atom. The number of nitrogens with two attached hydrogens (primary N) is 1. The maximum Gasteiger partial charge on any atom is 0.313 e. The Bertz CT molecular complexity index is 514. The van der Waals surface area contributed by atoms with Gasteiger partial charge in [0.05, 0.1) is 9.40 Å². The monoisotopic (exact) mass is 350 g/mol. The fourth-order valence-electron chi connectivity index (χ4n) is 2.01. The van der Waals surface area contributed by atoms with Gasteiger partial charge in [-0.1, -0.05) is 11.6 Å². The SMILES string of the molecule is COC1C(N)CC1Oc1c(Br)cc(Cl)cc1[N+](=O)[O-]. The van der Waals surface area contributed by atoms with E-state index in [-0.39, 0.29) is 34.7 Å². The van der Waals surface area contributed by atoms with Crippen molar-refractivity contribution < 1.29 is 14.4 Å². The lowest BCUT2D eigenvalue weighted by Gasteiger charge is -2.40. The van der Waals surface area contributed by atoms with Gasteiger partial charge >= 0.3 is 5.69 Å². The van der Waals surface area contributed by atoms with Crippen LogP contribution in [0.3, 0.4) is 0 Å². The second-order valence-corrected chi connectivity index (χ2v) is 5.54. The standard InChI is InChI=1S/C11H12BrClN2O4/c1-18-11-7(14)4-9(11)19-10-6(12)2-5(13)3-8(10)15(16)17/h2-3,7,9,11H,4,14H2,1H3. The van der Waals surface area contributed by atoms with Gasteiger partial charge in [-0.25, -0.2) is 0 Å². The lowest BCUT2D eigenvalue weighted by molar-refractivity contribution is -0.386. The third-order valence-electron chi connectivity index (χ3n) is 3.02. The maximum absolute atomic E-state index is 11.0. The van der Waals surface area contributed by atoms with Crippen LogP contribution >= 0.6 is 27.5 Å². The van der Waals surface area contributed by atoms with Gasteiger partial charge in [0.15, 0.2) is 0 Å². The third kappa shape index (κ3) is 2.84. The summed E-state index contributed by atoms with van der Waals surface area (Å²) in [7, 11) is 1.53. The summed E-state index contributed by atoms with van der Waals surface area (Å²) < 4.78 is 11.3. The molecule has 3 atom stereocenters. The fraction of sp³-hybridized carbons (Fsp3) is 0.455. The average Bonchev–Trinajstić information content (AvgIpc) is 2.30. The van der Waals surface area contributed by atoms with Crippen molar-refractivity contribution in [1.82, 2.24) is 0 Å². The second-order valence-electron chi connectivity index (χ2n) is 4.25. The number of nitro groups is 1. The molecule has 1 aromatic rings. The second kappa shape index (κ2) is 5.62. The number of ether oxygens (including phenoxy) is 2. The van der Waals surface area contributed by atoms with E-state index in [1.54, 1.807) is 6.07 Å². The highest BCUT2D eigenvalue weighted by Gasteiger charge is 2.42. The van der Waals surface area contributed by atoms with E-state index in [9.17, 15) is 10.1 Å². The van der Waals surface area contributed by atoms with Crippen LogP contribution in [-0.2, 0) is 4.74 Å². The highest BCUT2D eigenvalue weighted by Crippen LogP contribution is 2.40. The first kappa shape index (κ1) is 14.5. The molecule has 8 heteroatoms. The first-order chi connectivity index (χ1) is 8.93. The molecule has 0 aliphatic heterocycles. The van der Waals surface area contributed by atoms with Gasteiger partial charge in [-0.3, -0.25) is 10.1 Å². The molecule has 1 aliphatic rings. The molecule has 0 heterocycles. The molecule has 0 radical (unpaired) electrons. The Kier molecular flexibility index (Phi) is 4.29. The van der Waals surface area contributed by atoms with Gasteiger partial charge in [0.25, 0.3) is 0 Å². The number of benzene rings is 1. The highest BCUT2D eigenvalue weighted by atomic mass is 79.9. The first-order valence-electron chi connectivity index (χ1n) is 5.52. The zero-order valence-corrected chi connectivity index (χ0v) is 12.3. The number of halogens is 2. The molecule has 6 nitrogen and oxygen atoms in total. The van der Waals surface area contributed by atoms with Gasteiger partial charge in [-0.15, -0.1) is 0 Å². The van der Waals surface area contributed by atoms with Gasteiger partial charge in [0.2, 0.25) is 5.75 Å². The first-order valence-corrected chi connectivity index (χ1v) is 6.69. The molecule has 1 aliphatic carbocycles. The summed E-state index contributed by atoms with van der Waals surface area (Å²) in [5.41, 5.74) is 5.58. The van der Waals surface area contributed by atoms with Crippen LogP contribution in [0.25, 0.3) is 0 Å². The number of methoxy groups -OCH3 is 1. The smallest absolute Gasteiger partial charge is 0.313 e. The van der Waals surface area contributed by atoms with Crippen molar-refractivity contribution in [1.29, 1.82) is 0 Å². The number of hydrogen-bond acceptors (Lipinski definition) is 5. The molecule has 104 valence electrons. The number of hydrogen-bond donors (Lipinski definition) is 1. The van der Waals surface area contributed by atoms with Gasteiger partial charge in [-0.05, 0) is 22.0 Å².